The molecule has 6 nitrogen and oxygen atoms in total. The van der Waals surface area contributed by atoms with E-state index in [1.54, 1.807) is 14.2 Å². The molecule has 0 amide bonds. The minimum absolute atomic E-state index is 0.000264. The van der Waals surface area contributed by atoms with Crippen molar-refractivity contribution in [3.05, 3.63) is 54.2 Å². The van der Waals surface area contributed by atoms with Crippen LogP contribution in [0.4, 0.5) is 11.4 Å². The molecule has 0 aliphatic carbocycles. The smallest absolute Gasteiger partial charge is 0.124 e. The molecular formula is C27H31N3O3. The molecule has 1 unspecified atom stereocenters. The van der Waals surface area contributed by atoms with Gasteiger partial charge in [-0.3, -0.25) is 9.88 Å². The SMILES string of the molecule is CC[C@]12CN3CC[C@H]1C[C@@H]3[C@H](c1ccnc3ccc(Nc4cc(OC)cc(OC)c4)cc13)O2. The summed E-state index contributed by atoms with van der Waals surface area (Å²) in [5.74, 6) is 2.20. The molecule has 0 spiro atoms. The predicted molar refractivity (Wildman–Crippen MR) is 130 cm³/mol. The fourth-order valence-corrected chi connectivity index (χ4v) is 6.27. The first-order valence-corrected chi connectivity index (χ1v) is 11.9. The van der Waals surface area contributed by atoms with Crippen LogP contribution in [0.25, 0.3) is 10.9 Å². The van der Waals surface area contributed by atoms with E-state index in [1.807, 2.05) is 24.4 Å². The molecule has 5 saturated heterocycles. The molecule has 1 aromatic heterocycles. The van der Waals surface area contributed by atoms with E-state index in [2.05, 4.69) is 46.4 Å². The Bertz CT molecular complexity index is 1180. The highest BCUT2D eigenvalue weighted by molar-refractivity contribution is 5.87. The zero-order valence-electron chi connectivity index (χ0n) is 19.5. The second-order valence-electron chi connectivity index (χ2n) is 9.57. The number of nitrogens with zero attached hydrogens (tertiary/aromatic N) is 2. The number of ether oxygens (including phenoxy) is 3. The van der Waals surface area contributed by atoms with Gasteiger partial charge in [-0.2, -0.15) is 0 Å². The van der Waals surface area contributed by atoms with Crippen LogP contribution in [0.3, 0.4) is 0 Å². The average molecular weight is 446 g/mol. The number of methoxy groups -OCH3 is 2. The Balaban J connectivity index is 1.37. The van der Waals surface area contributed by atoms with Gasteiger partial charge in [0.1, 0.15) is 11.5 Å². The maximum Gasteiger partial charge on any atom is 0.124 e. The number of hydrogen-bond acceptors (Lipinski definition) is 6. The van der Waals surface area contributed by atoms with E-state index >= 15 is 0 Å². The monoisotopic (exact) mass is 445 g/mol. The third kappa shape index (κ3) is 3.35. The standard InChI is InChI=1S/C27H31N3O3/c1-4-27-16-30-10-8-17(27)11-25(30)26(33-27)22-7-9-28-24-6-5-18(14-23(22)24)29-19-12-20(31-2)15-21(13-19)32-3/h5-7,9,12-15,17,25-26,29H,4,8,10-11,16H2,1-3H3/t17-,25+,26-,27-/m0/s1. The quantitative estimate of drug-likeness (QED) is 0.555. The molecule has 5 fully saturated rings. The van der Waals surface area contributed by atoms with E-state index in [-0.39, 0.29) is 11.7 Å². The molecule has 8 rings (SSSR count). The van der Waals surface area contributed by atoms with Gasteiger partial charge in [-0.15, -0.1) is 0 Å². The van der Waals surface area contributed by atoms with Gasteiger partial charge in [-0.1, -0.05) is 6.92 Å². The zero-order valence-corrected chi connectivity index (χ0v) is 19.5. The Hall–Kier alpha value is -2.83. The summed E-state index contributed by atoms with van der Waals surface area (Å²) in [5, 5.41) is 4.67. The van der Waals surface area contributed by atoms with Crippen molar-refractivity contribution in [1.29, 1.82) is 0 Å². The largest absolute Gasteiger partial charge is 0.497 e. The summed E-state index contributed by atoms with van der Waals surface area (Å²) < 4.78 is 17.8. The van der Waals surface area contributed by atoms with Crippen LogP contribution in [0.15, 0.2) is 48.7 Å². The van der Waals surface area contributed by atoms with Crippen LogP contribution in [0.1, 0.15) is 37.9 Å². The fraction of sp³-hybridized carbons (Fsp3) is 0.444. The Morgan fingerprint density at radius 3 is 2.61 bits per heavy atom. The second kappa shape index (κ2) is 7.89. The van der Waals surface area contributed by atoms with Crippen LogP contribution < -0.4 is 14.8 Å². The van der Waals surface area contributed by atoms with Gasteiger partial charge in [0.05, 0.1) is 31.4 Å². The van der Waals surface area contributed by atoms with E-state index in [9.17, 15) is 0 Å². The summed E-state index contributed by atoms with van der Waals surface area (Å²) in [4.78, 5) is 7.33. The van der Waals surface area contributed by atoms with E-state index in [0.29, 0.717) is 12.0 Å². The van der Waals surface area contributed by atoms with Gasteiger partial charge in [0.15, 0.2) is 0 Å². The topological polar surface area (TPSA) is 55.9 Å². The first kappa shape index (κ1) is 20.8. The average Bonchev–Trinajstić information content (AvgIpc) is 2.87. The van der Waals surface area contributed by atoms with E-state index in [1.165, 1.54) is 24.9 Å². The minimum Gasteiger partial charge on any atom is -0.497 e. The summed E-state index contributed by atoms with van der Waals surface area (Å²) in [6.07, 6.45) is 5.60. The Labute approximate surface area is 194 Å². The van der Waals surface area contributed by atoms with Crippen molar-refractivity contribution in [2.24, 2.45) is 5.92 Å². The van der Waals surface area contributed by atoms with Gasteiger partial charge in [0.25, 0.3) is 0 Å². The van der Waals surface area contributed by atoms with E-state index < -0.39 is 0 Å². The molecule has 0 saturated carbocycles. The van der Waals surface area contributed by atoms with Crippen molar-refractivity contribution in [3.8, 4) is 11.5 Å². The number of benzene rings is 2. The van der Waals surface area contributed by atoms with Crippen LogP contribution in [0.2, 0.25) is 0 Å². The second-order valence-corrected chi connectivity index (χ2v) is 9.57. The maximum absolute atomic E-state index is 6.95. The highest BCUT2D eigenvalue weighted by Crippen LogP contribution is 2.54. The van der Waals surface area contributed by atoms with Crippen LogP contribution >= 0.6 is 0 Å². The lowest BCUT2D eigenvalue weighted by Gasteiger charge is -2.64. The molecular weight excluding hydrogens is 414 g/mol. The number of piperidine rings is 3. The molecule has 6 heteroatoms. The fourth-order valence-electron chi connectivity index (χ4n) is 6.27. The van der Waals surface area contributed by atoms with Crippen LogP contribution in [-0.2, 0) is 4.74 Å². The number of hydrogen-bond donors (Lipinski definition) is 1. The number of nitrogens with one attached hydrogen (secondary N) is 1. The number of anilines is 2. The molecule has 33 heavy (non-hydrogen) atoms. The summed E-state index contributed by atoms with van der Waals surface area (Å²) >= 11 is 0. The van der Waals surface area contributed by atoms with Crippen molar-refractivity contribution in [2.75, 3.05) is 32.6 Å². The minimum atomic E-state index is 0.000264. The van der Waals surface area contributed by atoms with Gasteiger partial charge in [0, 0.05) is 53.7 Å². The first-order chi connectivity index (χ1) is 16.1. The van der Waals surface area contributed by atoms with Gasteiger partial charge < -0.3 is 19.5 Å². The Kier molecular flexibility index (Phi) is 4.96. The Morgan fingerprint density at radius 2 is 1.91 bits per heavy atom. The Morgan fingerprint density at radius 1 is 1.09 bits per heavy atom. The number of fused-ring (bicyclic) bond motifs is 3. The van der Waals surface area contributed by atoms with E-state index in [4.69, 9.17) is 14.2 Å². The number of aromatic nitrogens is 1. The van der Waals surface area contributed by atoms with Gasteiger partial charge in [0.2, 0.25) is 0 Å². The third-order valence-corrected chi connectivity index (χ3v) is 8.01. The summed E-state index contributed by atoms with van der Waals surface area (Å²) in [7, 11) is 3.33. The lowest BCUT2D eigenvalue weighted by atomic mass is 9.66. The van der Waals surface area contributed by atoms with Crippen molar-refractivity contribution in [1.82, 2.24) is 9.88 Å². The molecule has 4 bridgehead atoms. The molecule has 1 N–H and O–H groups in total. The highest BCUT2D eigenvalue weighted by atomic mass is 16.5. The highest BCUT2D eigenvalue weighted by Gasteiger charge is 2.58. The molecule has 5 atom stereocenters. The molecule has 0 radical (unpaired) electrons. The van der Waals surface area contributed by atoms with Crippen molar-refractivity contribution in [3.63, 3.8) is 0 Å². The van der Waals surface area contributed by atoms with Crippen molar-refractivity contribution < 1.29 is 14.2 Å². The number of rotatable bonds is 6. The van der Waals surface area contributed by atoms with Crippen LogP contribution in [-0.4, -0.2) is 48.8 Å². The predicted octanol–water partition coefficient (Wildman–Crippen LogP) is 5.31. The molecule has 3 aromatic rings. The molecule has 6 heterocycles. The van der Waals surface area contributed by atoms with Gasteiger partial charge >= 0.3 is 0 Å². The normalized spacial score (nSPS) is 29.9. The van der Waals surface area contributed by atoms with Crippen molar-refractivity contribution in [2.45, 2.75) is 43.9 Å². The van der Waals surface area contributed by atoms with Crippen LogP contribution in [0, 0.1) is 5.92 Å². The summed E-state index contributed by atoms with van der Waals surface area (Å²) in [5.41, 5.74) is 4.16. The molecule has 172 valence electrons. The van der Waals surface area contributed by atoms with Gasteiger partial charge in [-0.05, 0) is 61.6 Å². The summed E-state index contributed by atoms with van der Waals surface area (Å²) in [6.45, 7) is 4.57. The van der Waals surface area contributed by atoms with Gasteiger partial charge in [-0.25, -0.2) is 0 Å². The first-order valence-electron chi connectivity index (χ1n) is 11.9. The maximum atomic E-state index is 6.95. The lowest BCUT2D eigenvalue weighted by molar-refractivity contribution is -0.274. The zero-order chi connectivity index (χ0) is 22.6. The number of morpholine rings is 1. The molecule has 5 aliphatic heterocycles. The van der Waals surface area contributed by atoms with E-state index in [0.717, 1.165) is 46.7 Å². The van der Waals surface area contributed by atoms with Crippen LogP contribution in [0.5, 0.6) is 11.5 Å². The lowest BCUT2D eigenvalue weighted by Crippen LogP contribution is -2.70. The summed E-state index contributed by atoms with van der Waals surface area (Å²) in [6, 6.07) is 14.8. The molecule has 5 aliphatic rings. The molecule has 2 aromatic carbocycles. The van der Waals surface area contributed by atoms with Crippen molar-refractivity contribution >= 4 is 22.3 Å². The third-order valence-electron chi connectivity index (χ3n) is 8.01. The number of pyridine rings is 1.